The first-order valence-electron chi connectivity index (χ1n) is 6.59. The third kappa shape index (κ3) is 4.28. The summed E-state index contributed by atoms with van der Waals surface area (Å²) in [6.07, 6.45) is 4.27. The highest BCUT2D eigenvalue weighted by Crippen LogP contribution is 2.27. The van der Waals surface area contributed by atoms with Crippen molar-refractivity contribution in [3.63, 3.8) is 0 Å². The lowest BCUT2D eigenvalue weighted by molar-refractivity contribution is -0.0336. The number of hydrogen-bond acceptors (Lipinski definition) is 2. The van der Waals surface area contributed by atoms with Crippen LogP contribution >= 0.6 is 0 Å². The molecule has 2 heteroatoms. The molecule has 0 spiro atoms. The van der Waals surface area contributed by atoms with E-state index >= 15 is 0 Å². The van der Waals surface area contributed by atoms with Gasteiger partial charge in [0.2, 0.25) is 0 Å². The number of rotatable bonds is 4. The molecule has 0 N–H and O–H groups in total. The van der Waals surface area contributed by atoms with E-state index in [1.807, 2.05) is 18.2 Å². The van der Waals surface area contributed by atoms with E-state index in [1.54, 1.807) is 0 Å². The Morgan fingerprint density at radius 3 is 2.78 bits per heavy atom. The third-order valence-corrected chi connectivity index (χ3v) is 3.17. The van der Waals surface area contributed by atoms with E-state index in [-0.39, 0.29) is 5.60 Å². The molecule has 1 saturated heterocycles. The Morgan fingerprint density at radius 2 is 2.06 bits per heavy atom. The molecule has 98 valence electrons. The van der Waals surface area contributed by atoms with Crippen molar-refractivity contribution in [1.82, 2.24) is 0 Å². The van der Waals surface area contributed by atoms with Gasteiger partial charge in [-0.25, -0.2) is 0 Å². The molecule has 1 aliphatic heterocycles. The van der Waals surface area contributed by atoms with Crippen molar-refractivity contribution in [3.05, 3.63) is 47.5 Å². The van der Waals surface area contributed by atoms with Gasteiger partial charge in [0.1, 0.15) is 0 Å². The largest absolute Gasteiger partial charge is 0.375 e. The van der Waals surface area contributed by atoms with Crippen molar-refractivity contribution in [2.75, 3.05) is 13.2 Å². The summed E-state index contributed by atoms with van der Waals surface area (Å²) in [6.45, 7) is 6.50. The third-order valence-electron chi connectivity index (χ3n) is 3.17. The van der Waals surface area contributed by atoms with Crippen molar-refractivity contribution in [2.24, 2.45) is 0 Å². The van der Waals surface area contributed by atoms with E-state index in [0.717, 1.165) is 19.4 Å². The van der Waals surface area contributed by atoms with E-state index in [9.17, 15) is 0 Å². The molecule has 0 atom stereocenters. The Balaban J connectivity index is 1.74. The minimum Gasteiger partial charge on any atom is -0.375 e. The van der Waals surface area contributed by atoms with Crippen LogP contribution in [0.1, 0.15) is 32.3 Å². The Hall–Kier alpha value is -1.12. The quantitative estimate of drug-likeness (QED) is 0.595. The molecular weight excluding hydrogens is 224 g/mol. The summed E-state index contributed by atoms with van der Waals surface area (Å²) in [5.74, 6) is 0. The molecule has 0 saturated carbocycles. The van der Waals surface area contributed by atoms with Crippen molar-refractivity contribution in [3.8, 4) is 0 Å². The van der Waals surface area contributed by atoms with E-state index in [4.69, 9.17) is 9.47 Å². The Morgan fingerprint density at radius 1 is 1.28 bits per heavy atom. The van der Waals surface area contributed by atoms with Gasteiger partial charge in [-0.05, 0) is 32.3 Å². The normalized spacial score (nSPS) is 21.1. The first-order valence-corrected chi connectivity index (χ1v) is 6.59. The van der Waals surface area contributed by atoms with Crippen molar-refractivity contribution in [1.29, 1.82) is 0 Å². The summed E-state index contributed by atoms with van der Waals surface area (Å²) in [7, 11) is 0. The van der Waals surface area contributed by atoms with Gasteiger partial charge in [0, 0.05) is 0 Å². The second-order valence-electron chi connectivity index (χ2n) is 5.40. The van der Waals surface area contributed by atoms with Crippen LogP contribution in [0.5, 0.6) is 0 Å². The topological polar surface area (TPSA) is 18.5 Å². The highest BCUT2D eigenvalue weighted by molar-refractivity contribution is 5.13. The molecule has 0 aromatic heterocycles. The van der Waals surface area contributed by atoms with Crippen LogP contribution in [0, 0.1) is 0 Å². The smallest absolute Gasteiger partial charge is 0.0721 e. The minimum atomic E-state index is -0.0104. The fraction of sp³-hybridized carbons (Fsp3) is 0.500. The van der Waals surface area contributed by atoms with Crippen molar-refractivity contribution in [2.45, 2.75) is 38.9 Å². The summed E-state index contributed by atoms with van der Waals surface area (Å²) in [4.78, 5) is 0. The van der Waals surface area contributed by atoms with Crippen LogP contribution in [0.4, 0.5) is 0 Å². The van der Waals surface area contributed by atoms with Crippen LogP contribution < -0.4 is 0 Å². The molecule has 0 radical (unpaired) electrons. The van der Waals surface area contributed by atoms with Crippen molar-refractivity contribution < 1.29 is 9.47 Å². The molecule has 2 rings (SSSR count). The first-order chi connectivity index (χ1) is 8.66. The Kier molecular flexibility index (Phi) is 4.56. The standard InChI is InChI=1S/C16H22O2/c1-16(2)12-14(9-11-18-16)8-10-17-13-15-6-4-3-5-7-15/h3-8H,9-13H2,1-2H3. The zero-order valence-electron chi connectivity index (χ0n) is 11.3. The zero-order valence-corrected chi connectivity index (χ0v) is 11.3. The van der Waals surface area contributed by atoms with Gasteiger partial charge in [0.15, 0.2) is 0 Å². The molecule has 18 heavy (non-hydrogen) atoms. The molecule has 0 aliphatic carbocycles. The number of hydrogen-bond donors (Lipinski definition) is 0. The lowest BCUT2D eigenvalue weighted by Gasteiger charge is -2.31. The van der Waals surface area contributed by atoms with Gasteiger partial charge in [-0.2, -0.15) is 0 Å². The lowest BCUT2D eigenvalue weighted by atomic mass is 9.93. The molecule has 1 aliphatic rings. The molecule has 1 aromatic rings. The Labute approximate surface area is 110 Å². The number of benzene rings is 1. The SMILES string of the molecule is CC1(C)CC(=CCOCc2ccccc2)CCO1. The predicted molar refractivity (Wildman–Crippen MR) is 73.4 cm³/mol. The van der Waals surface area contributed by atoms with Gasteiger partial charge in [0.25, 0.3) is 0 Å². The summed E-state index contributed by atoms with van der Waals surface area (Å²) in [5, 5.41) is 0. The highest BCUT2D eigenvalue weighted by Gasteiger charge is 2.24. The van der Waals surface area contributed by atoms with Crippen LogP contribution in [-0.2, 0) is 16.1 Å². The molecule has 0 bridgehead atoms. The maximum atomic E-state index is 5.69. The van der Waals surface area contributed by atoms with Crippen LogP contribution in [-0.4, -0.2) is 18.8 Å². The summed E-state index contributed by atoms with van der Waals surface area (Å²) in [5.41, 5.74) is 2.67. The fourth-order valence-corrected chi connectivity index (χ4v) is 2.25. The van der Waals surface area contributed by atoms with Crippen LogP contribution in [0.25, 0.3) is 0 Å². The molecule has 1 aromatic carbocycles. The fourth-order valence-electron chi connectivity index (χ4n) is 2.25. The predicted octanol–water partition coefficient (Wildman–Crippen LogP) is 3.72. The van der Waals surface area contributed by atoms with Crippen LogP contribution in [0.3, 0.4) is 0 Å². The van der Waals surface area contributed by atoms with Crippen LogP contribution in [0.2, 0.25) is 0 Å². The summed E-state index contributed by atoms with van der Waals surface area (Å²) >= 11 is 0. The monoisotopic (exact) mass is 246 g/mol. The second-order valence-corrected chi connectivity index (χ2v) is 5.40. The second kappa shape index (κ2) is 6.17. The van der Waals surface area contributed by atoms with Gasteiger partial charge >= 0.3 is 0 Å². The molecular formula is C16H22O2. The maximum Gasteiger partial charge on any atom is 0.0721 e. The molecule has 1 fully saturated rings. The molecule has 0 amide bonds. The van der Waals surface area contributed by atoms with E-state index in [0.29, 0.717) is 13.2 Å². The first kappa shape index (κ1) is 13.3. The van der Waals surface area contributed by atoms with Gasteiger partial charge in [-0.1, -0.05) is 42.0 Å². The zero-order chi connectivity index (χ0) is 12.8. The Bertz CT molecular complexity index is 393. The van der Waals surface area contributed by atoms with Gasteiger partial charge in [-0.3, -0.25) is 0 Å². The summed E-state index contributed by atoms with van der Waals surface area (Å²) < 4.78 is 11.4. The van der Waals surface area contributed by atoms with Gasteiger partial charge < -0.3 is 9.47 Å². The molecule has 2 nitrogen and oxygen atoms in total. The van der Waals surface area contributed by atoms with E-state index in [1.165, 1.54) is 11.1 Å². The average Bonchev–Trinajstić information content (AvgIpc) is 2.35. The van der Waals surface area contributed by atoms with E-state index in [2.05, 4.69) is 32.1 Å². The summed E-state index contributed by atoms with van der Waals surface area (Å²) in [6, 6.07) is 10.3. The number of ether oxygens (including phenoxy) is 2. The maximum absolute atomic E-state index is 5.69. The van der Waals surface area contributed by atoms with E-state index < -0.39 is 0 Å². The van der Waals surface area contributed by atoms with Crippen molar-refractivity contribution >= 4 is 0 Å². The average molecular weight is 246 g/mol. The van der Waals surface area contributed by atoms with Gasteiger partial charge in [0.05, 0.1) is 25.4 Å². The van der Waals surface area contributed by atoms with Crippen LogP contribution in [0.15, 0.2) is 42.0 Å². The molecule has 1 heterocycles. The molecule has 0 unspecified atom stereocenters. The highest BCUT2D eigenvalue weighted by atomic mass is 16.5. The minimum absolute atomic E-state index is 0.0104. The lowest BCUT2D eigenvalue weighted by Crippen LogP contribution is -2.30. The van der Waals surface area contributed by atoms with Gasteiger partial charge in [-0.15, -0.1) is 0 Å².